The third-order valence-corrected chi connectivity index (χ3v) is 1.58. The Morgan fingerprint density at radius 1 is 1.50 bits per heavy atom. The maximum Gasteiger partial charge on any atom is 0.0320 e. The van der Waals surface area contributed by atoms with Crippen LogP contribution in [0.1, 0.15) is 32.6 Å². The van der Waals surface area contributed by atoms with Crippen molar-refractivity contribution >= 4 is 0 Å². The molecule has 0 aliphatic heterocycles. The fraction of sp³-hybridized carbons (Fsp3) is 1.00. The molecule has 0 saturated heterocycles. The fourth-order valence-corrected chi connectivity index (χ4v) is 0.986. The lowest BCUT2D eigenvalue weighted by molar-refractivity contribution is 0.116. The highest BCUT2D eigenvalue weighted by atomic mass is 16.5. The normalized spacial score (nSPS) is 13.5. The van der Waals surface area contributed by atoms with Gasteiger partial charge in [0.25, 0.3) is 0 Å². The summed E-state index contributed by atoms with van der Waals surface area (Å²) in [5.41, 5.74) is 7.60. The molecular formula is C7H18N2O. The second kappa shape index (κ2) is 6.99. The molecule has 0 aromatic heterocycles. The maximum atomic E-state index is 8.59. The standard InChI is InChI=1S/C7H18N2O/c1-2-4-7(9-10)5-3-6-8/h7,9-10H,2-6,8H2,1H3. The van der Waals surface area contributed by atoms with Gasteiger partial charge in [-0.25, -0.2) is 5.48 Å². The summed E-state index contributed by atoms with van der Waals surface area (Å²) < 4.78 is 0. The van der Waals surface area contributed by atoms with Gasteiger partial charge < -0.3 is 10.9 Å². The highest BCUT2D eigenvalue weighted by Gasteiger charge is 2.03. The van der Waals surface area contributed by atoms with Crippen molar-refractivity contribution < 1.29 is 5.21 Å². The molecule has 10 heavy (non-hydrogen) atoms. The summed E-state index contributed by atoms with van der Waals surface area (Å²) in [6, 6.07) is 0.244. The van der Waals surface area contributed by atoms with E-state index in [1.807, 2.05) is 0 Å². The summed E-state index contributed by atoms with van der Waals surface area (Å²) in [5, 5.41) is 8.59. The van der Waals surface area contributed by atoms with E-state index in [2.05, 4.69) is 12.4 Å². The van der Waals surface area contributed by atoms with Gasteiger partial charge >= 0.3 is 0 Å². The fourth-order valence-electron chi connectivity index (χ4n) is 0.986. The summed E-state index contributed by atoms with van der Waals surface area (Å²) in [6.45, 7) is 2.81. The van der Waals surface area contributed by atoms with Gasteiger partial charge in [0.2, 0.25) is 0 Å². The zero-order valence-electron chi connectivity index (χ0n) is 6.64. The van der Waals surface area contributed by atoms with Crippen LogP contribution >= 0.6 is 0 Å². The number of hydroxylamine groups is 1. The van der Waals surface area contributed by atoms with E-state index < -0.39 is 0 Å². The van der Waals surface area contributed by atoms with Crippen LogP contribution in [0.2, 0.25) is 0 Å². The van der Waals surface area contributed by atoms with Gasteiger partial charge in [0.1, 0.15) is 0 Å². The van der Waals surface area contributed by atoms with Crippen molar-refractivity contribution in [1.29, 1.82) is 0 Å². The van der Waals surface area contributed by atoms with E-state index in [9.17, 15) is 0 Å². The molecule has 0 bridgehead atoms. The number of hydrogen-bond acceptors (Lipinski definition) is 3. The van der Waals surface area contributed by atoms with Crippen molar-refractivity contribution in [3.8, 4) is 0 Å². The molecule has 0 aliphatic rings. The second-order valence-corrected chi connectivity index (χ2v) is 2.55. The van der Waals surface area contributed by atoms with Crippen molar-refractivity contribution in [2.75, 3.05) is 6.54 Å². The minimum absolute atomic E-state index is 0.244. The van der Waals surface area contributed by atoms with Crippen molar-refractivity contribution in [3.05, 3.63) is 0 Å². The summed E-state index contributed by atoms with van der Waals surface area (Å²) in [6.07, 6.45) is 4.08. The Hall–Kier alpha value is -0.120. The highest BCUT2D eigenvalue weighted by Crippen LogP contribution is 2.02. The quantitative estimate of drug-likeness (QED) is 0.487. The lowest BCUT2D eigenvalue weighted by Gasteiger charge is -2.12. The molecule has 0 aromatic rings. The lowest BCUT2D eigenvalue weighted by atomic mass is 10.1. The van der Waals surface area contributed by atoms with Gasteiger partial charge in [-0.15, -0.1) is 0 Å². The molecule has 3 heteroatoms. The number of hydrogen-bond donors (Lipinski definition) is 3. The van der Waals surface area contributed by atoms with E-state index in [0.29, 0.717) is 6.54 Å². The van der Waals surface area contributed by atoms with Crippen LogP contribution < -0.4 is 11.2 Å². The van der Waals surface area contributed by atoms with Gasteiger partial charge in [0.05, 0.1) is 0 Å². The predicted octanol–water partition coefficient (Wildman–Crippen LogP) is 0.873. The number of nitrogens with two attached hydrogens (primary N) is 1. The van der Waals surface area contributed by atoms with E-state index in [4.69, 9.17) is 10.9 Å². The Morgan fingerprint density at radius 3 is 2.60 bits per heavy atom. The average Bonchev–Trinajstić information content (AvgIpc) is 1.98. The number of rotatable bonds is 6. The van der Waals surface area contributed by atoms with Crippen molar-refractivity contribution in [3.63, 3.8) is 0 Å². The van der Waals surface area contributed by atoms with Gasteiger partial charge in [-0.05, 0) is 25.8 Å². The predicted molar refractivity (Wildman–Crippen MR) is 41.9 cm³/mol. The Morgan fingerprint density at radius 2 is 2.20 bits per heavy atom. The van der Waals surface area contributed by atoms with Crippen LogP contribution in [0.25, 0.3) is 0 Å². The molecule has 4 N–H and O–H groups in total. The Bertz CT molecular complexity index is 68.6. The Kier molecular flexibility index (Phi) is 6.91. The molecule has 1 unspecified atom stereocenters. The van der Waals surface area contributed by atoms with Crippen LogP contribution in [0.3, 0.4) is 0 Å². The molecular weight excluding hydrogens is 128 g/mol. The Labute approximate surface area is 62.6 Å². The Balaban J connectivity index is 3.21. The third-order valence-electron chi connectivity index (χ3n) is 1.58. The zero-order chi connectivity index (χ0) is 7.82. The zero-order valence-corrected chi connectivity index (χ0v) is 6.64. The molecule has 0 spiro atoms. The third kappa shape index (κ3) is 4.73. The highest BCUT2D eigenvalue weighted by molar-refractivity contribution is 4.60. The molecule has 0 radical (unpaired) electrons. The smallest absolute Gasteiger partial charge is 0.0320 e. The summed E-state index contributed by atoms with van der Waals surface area (Å²) >= 11 is 0. The van der Waals surface area contributed by atoms with Gasteiger partial charge in [-0.1, -0.05) is 13.3 Å². The first-order valence-corrected chi connectivity index (χ1v) is 3.94. The van der Waals surface area contributed by atoms with Crippen LogP contribution in [0.5, 0.6) is 0 Å². The molecule has 0 aliphatic carbocycles. The van der Waals surface area contributed by atoms with Gasteiger partial charge in [-0.3, -0.25) is 0 Å². The van der Waals surface area contributed by atoms with E-state index in [1.165, 1.54) is 0 Å². The van der Waals surface area contributed by atoms with Gasteiger partial charge in [0.15, 0.2) is 0 Å². The van der Waals surface area contributed by atoms with Gasteiger partial charge in [-0.2, -0.15) is 0 Å². The topological polar surface area (TPSA) is 58.3 Å². The van der Waals surface area contributed by atoms with E-state index in [0.717, 1.165) is 25.7 Å². The molecule has 0 heterocycles. The minimum atomic E-state index is 0.244. The van der Waals surface area contributed by atoms with Crippen molar-refractivity contribution in [2.24, 2.45) is 5.73 Å². The first-order valence-electron chi connectivity index (χ1n) is 3.94. The van der Waals surface area contributed by atoms with Crippen LogP contribution in [0, 0.1) is 0 Å². The summed E-state index contributed by atoms with van der Waals surface area (Å²) in [7, 11) is 0. The summed E-state index contributed by atoms with van der Waals surface area (Å²) in [4.78, 5) is 0. The minimum Gasteiger partial charge on any atom is -0.330 e. The van der Waals surface area contributed by atoms with E-state index >= 15 is 0 Å². The van der Waals surface area contributed by atoms with Crippen LogP contribution in [-0.4, -0.2) is 17.8 Å². The molecule has 62 valence electrons. The molecule has 1 atom stereocenters. The summed E-state index contributed by atoms with van der Waals surface area (Å²) in [5.74, 6) is 0. The molecule has 0 fully saturated rings. The SMILES string of the molecule is CCCC(CCCN)NO. The molecule has 0 amide bonds. The molecule has 0 rings (SSSR count). The number of nitrogens with one attached hydrogen (secondary N) is 1. The largest absolute Gasteiger partial charge is 0.330 e. The second-order valence-electron chi connectivity index (χ2n) is 2.55. The first-order chi connectivity index (χ1) is 4.85. The van der Waals surface area contributed by atoms with Crippen molar-refractivity contribution in [1.82, 2.24) is 5.48 Å². The van der Waals surface area contributed by atoms with Crippen LogP contribution in [0.4, 0.5) is 0 Å². The molecule has 0 aromatic carbocycles. The molecule has 3 nitrogen and oxygen atoms in total. The van der Waals surface area contributed by atoms with Crippen LogP contribution in [0.15, 0.2) is 0 Å². The molecule has 0 saturated carbocycles. The average molecular weight is 146 g/mol. The first kappa shape index (κ1) is 9.88. The maximum absolute atomic E-state index is 8.59. The monoisotopic (exact) mass is 146 g/mol. The lowest BCUT2D eigenvalue weighted by Crippen LogP contribution is -2.26. The van der Waals surface area contributed by atoms with Gasteiger partial charge in [0, 0.05) is 6.04 Å². The van der Waals surface area contributed by atoms with Crippen LogP contribution in [-0.2, 0) is 0 Å². The van der Waals surface area contributed by atoms with Crippen molar-refractivity contribution in [2.45, 2.75) is 38.6 Å². The van der Waals surface area contributed by atoms with E-state index in [-0.39, 0.29) is 6.04 Å². The van der Waals surface area contributed by atoms with E-state index in [1.54, 1.807) is 0 Å².